The van der Waals surface area contributed by atoms with Crippen molar-refractivity contribution in [3.05, 3.63) is 52.4 Å². The summed E-state index contributed by atoms with van der Waals surface area (Å²) in [7, 11) is 1.14. The summed E-state index contributed by atoms with van der Waals surface area (Å²) >= 11 is 5.65. The van der Waals surface area contributed by atoms with Crippen LogP contribution in [0.3, 0.4) is 0 Å². The minimum Gasteiger partial charge on any atom is -0.464 e. The van der Waals surface area contributed by atoms with Crippen LogP contribution in [0.2, 0.25) is 5.02 Å². The second-order valence-electron chi connectivity index (χ2n) is 4.29. The van der Waals surface area contributed by atoms with Crippen molar-refractivity contribution in [2.75, 3.05) is 12.4 Å². The minimum absolute atomic E-state index is 0.155. The van der Waals surface area contributed by atoms with E-state index in [-0.39, 0.29) is 17.1 Å². The highest BCUT2D eigenvalue weighted by Gasteiger charge is 2.19. The average molecular weight is 342 g/mol. The van der Waals surface area contributed by atoms with Crippen LogP contribution in [-0.4, -0.2) is 29.0 Å². The van der Waals surface area contributed by atoms with E-state index in [1.54, 1.807) is 0 Å². The average Bonchev–Trinajstić information content (AvgIpc) is 2.55. The zero-order valence-corrected chi connectivity index (χ0v) is 12.5. The molecule has 0 saturated heterocycles. The number of esters is 1. The highest BCUT2D eigenvalue weighted by atomic mass is 35.5. The summed E-state index contributed by atoms with van der Waals surface area (Å²) in [5, 5.41) is 1.81. The number of carbonyl (C=O) groups excluding carboxylic acids is 2. The molecule has 23 heavy (non-hydrogen) atoms. The van der Waals surface area contributed by atoms with Gasteiger partial charge in [-0.2, -0.15) is 0 Å². The van der Waals surface area contributed by atoms with Gasteiger partial charge in [-0.05, 0) is 12.1 Å². The van der Waals surface area contributed by atoms with Crippen LogP contribution >= 0.6 is 11.6 Å². The molecule has 0 aliphatic rings. The largest absolute Gasteiger partial charge is 0.464 e. The van der Waals surface area contributed by atoms with Gasteiger partial charge in [0.25, 0.3) is 0 Å². The van der Waals surface area contributed by atoms with Crippen LogP contribution in [0.5, 0.6) is 0 Å². The number of halogens is 3. The molecule has 1 aromatic heterocycles. The van der Waals surface area contributed by atoms with Crippen molar-refractivity contribution in [3.63, 3.8) is 0 Å². The Hall–Kier alpha value is -2.61. The van der Waals surface area contributed by atoms with Gasteiger partial charge >= 0.3 is 5.97 Å². The number of carbonyl (C=O) groups is 2. The number of hydrogen-bond acceptors (Lipinski definition) is 5. The Morgan fingerprint density at radius 1 is 1.22 bits per heavy atom. The summed E-state index contributed by atoms with van der Waals surface area (Å²) in [6, 6.07) is 1.73. The number of hydrogen-bond donors (Lipinski definition) is 1. The molecule has 1 amide bonds. The fourth-order valence-corrected chi connectivity index (χ4v) is 1.96. The van der Waals surface area contributed by atoms with E-state index in [1.165, 1.54) is 12.4 Å². The standard InChI is InChI=1S/C14H10ClF2N3O3/c1-23-14(22)12-13(19-5-4-18-12)20-10(21)6-7-8(16)2-3-9(17)11(7)15/h2-5H,6H2,1H3,(H,19,20,21). The van der Waals surface area contributed by atoms with Crippen LogP contribution in [0.25, 0.3) is 0 Å². The lowest BCUT2D eigenvalue weighted by Crippen LogP contribution is -2.20. The number of amides is 1. The number of rotatable bonds is 4. The van der Waals surface area contributed by atoms with Crippen LogP contribution in [0.15, 0.2) is 24.5 Å². The van der Waals surface area contributed by atoms with E-state index in [4.69, 9.17) is 11.6 Å². The molecule has 0 spiro atoms. The van der Waals surface area contributed by atoms with Crippen molar-refractivity contribution in [1.29, 1.82) is 0 Å². The summed E-state index contributed by atoms with van der Waals surface area (Å²) in [6.45, 7) is 0. The van der Waals surface area contributed by atoms with Crippen molar-refractivity contribution < 1.29 is 23.1 Å². The van der Waals surface area contributed by atoms with E-state index >= 15 is 0 Å². The maximum absolute atomic E-state index is 13.7. The first kappa shape index (κ1) is 16.8. The number of anilines is 1. The maximum atomic E-state index is 13.7. The van der Waals surface area contributed by atoms with E-state index in [0.717, 1.165) is 19.2 Å². The van der Waals surface area contributed by atoms with E-state index < -0.39 is 35.0 Å². The van der Waals surface area contributed by atoms with Gasteiger partial charge in [0, 0.05) is 18.0 Å². The van der Waals surface area contributed by atoms with Gasteiger partial charge in [-0.25, -0.2) is 23.5 Å². The first-order valence-electron chi connectivity index (χ1n) is 6.25. The van der Waals surface area contributed by atoms with E-state index in [1.807, 2.05) is 0 Å². The molecule has 1 aromatic carbocycles. The zero-order chi connectivity index (χ0) is 17.0. The van der Waals surface area contributed by atoms with Gasteiger partial charge in [0.05, 0.1) is 18.6 Å². The van der Waals surface area contributed by atoms with Crippen molar-refractivity contribution >= 4 is 29.3 Å². The molecule has 2 aromatic rings. The monoisotopic (exact) mass is 341 g/mol. The lowest BCUT2D eigenvalue weighted by atomic mass is 10.1. The molecular formula is C14H10ClF2N3O3. The fraction of sp³-hybridized carbons (Fsp3) is 0.143. The quantitative estimate of drug-likeness (QED) is 0.682. The zero-order valence-electron chi connectivity index (χ0n) is 11.8. The Bertz CT molecular complexity index is 771. The lowest BCUT2D eigenvalue weighted by molar-refractivity contribution is -0.115. The Balaban J connectivity index is 2.22. The molecule has 1 N–H and O–H groups in total. The van der Waals surface area contributed by atoms with Gasteiger partial charge < -0.3 is 10.1 Å². The Labute approximate surface area is 134 Å². The van der Waals surface area contributed by atoms with Crippen LogP contribution < -0.4 is 5.32 Å². The predicted molar refractivity (Wildman–Crippen MR) is 77.1 cm³/mol. The second-order valence-corrected chi connectivity index (χ2v) is 4.67. The second kappa shape index (κ2) is 7.10. The number of aromatic nitrogens is 2. The van der Waals surface area contributed by atoms with Crippen molar-refractivity contribution in [1.82, 2.24) is 9.97 Å². The van der Waals surface area contributed by atoms with E-state index in [9.17, 15) is 18.4 Å². The van der Waals surface area contributed by atoms with Crippen molar-refractivity contribution in [3.8, 4) is 0 Å². The highest BCUT2D eigenvalue weighted by Crippen LogP contribution is 2.23. The minimum atomic E-state index is -0.842. The Kier molecular flexibility index (Phi) is 5.17. The molecule has 6 nitrogen and oxygen atoms in total. The van der Waals surface area contributed by atoms with Gasteiger partial charge in [0.1, 0.15) is 11.6 Å². The number of benzene rings is 1. The summed E-state index contributed by atoms with van der Waals surface area (Å²) in [6.07, 6.45) is 1.95. The lowest BCUT2D eigenvalue weighted by Gasteiger charge is -2.09. The Morgan fingerprint density at radius 2 is 1.87 bits per heavy atom. The highest BCUT2D eigenvalue weighted by molar-refractivity contribution is 6.31. The van der Waals surface area contributed by atoms with Crippen LogP contribution in [0.1, 0.15) is 16.1 Å². The number of methoxy groups -OCH3 is 1. The molecule has 0 aliphatic heterocycles. The summed E-state index contributed by atoms with van der Waals surface area (Å²) in [5.41, 5.74) is -0.512. The van der Waals surface area contributed by atoms with Gasteiger partial charge in [0.2, 0.25) is 5.91 Å². The molecule has 0 fully saturated rings. The molecular weight excluding hydrogens is 332 g/mol. The summed E-state index contributed by atoms with van der Waals surface area (Å²) < 4.78 is 31.5. The van der Waals surface area contributed by atoms with Crippen molar-refractivity contribution in [2.45, 2.75) is 6.42 Å². The van der Waals surface area contributed by atoms with Gasteiger partial charge in [0.15, 0.2) is 11.5 Å². The maximum Gasteiger partial charge on any atom is 0.360 e. The number of ether oxygens (including phenoxy) is 1. The molecule has 0 bridgehead atoms. The van der Waals surface area contributed by atoms with Gasteiger partial charge in [-0.15, -0.1) is 0 Å². The van der Waals surface area contributed by atoms with Crippen LogP contribution in [-0.2, 0) is 16.0 Å². The van der Waals surface area contributed by atoms with Gasteiger partial charge in [-0.3, -0.25) is 4.79 Å². The molecule has 0 unspecified atom stereocenters. The smallest absolute Gasteiger partial charge is 0.360 e. The first-order valence-corrected chi connectivity index (χ1v) is 6.63. The predicted octanol–water partition coefficient (Wildman–Crippen LogP) is 2.38. The normalized spacial score (nSPS) is 10.3. The topological polar surface area (TPSA) is 81.2 Å². The summed E-state index contributed by atoms with van der Waals surface area (Å²) in [4.78, 5) is 31.0. The first-order chi connectivity index (χ1) is 10.9. The Morgan fingerprint density at radius 3 is 2.57 bits per heavy atom. The van der Waals surface area contributed by atoms with Gasteiger partial charge in [-0.1, -0.05) is 11.6 Å². The molecule has 9 heteroatoms. The van der Waals surface area contributed by atoms with Crippen LogP contribution in [0, 0.1) is 11.6 Å². The molecule has 2 rings (SSSR count). The third-order valence-corrected chi connectivity index (χ3v) is 3.22. The summed E-state index contributed by atoms with van der Waals surface area (Å²) in [5.74, 6) is -3.37. The fourth-order valence-electron chi connectivity index (χ4n) is 1.74. The van der Waals surface area contributed by atoms with E-state index in [0.29, 0.717) is 0 Å². The number of nitrogens with zero attached hydrogens (tertiary/aromatic N) is 2. The SMILES string of the molecule is COC(=O)c1nccnc1NC(=O)Cc1c(F)ccc(F)c1Cl. The molecule has 0 radical (unpaired) electrons. The third-order valence-electron chi connectivity index (χ3n) is 2.81. The molecule has 0 saturated carbocycles. The molecule has 120 valence electrons. The third kappa shape index (κ3) is 3.78. The van der Waals surface area contributed by atoms with Crippen molar-refractivity contribution in [2.24, 2.45) is 0 Å². The molecule has 0 atom stereocenters. The molecule has 1 heterocycles. The molecule has 0 aliphatic carbocycles. The number of nitrogens with one attached hydrogen (secondary N) is 1. The van der Waals surface area contributed by atoms with E-state index in [2.05, 4.69) is 20.0 Å². The van der Waals surface area contributed by atoms with Crippen LogP contribution in [0.4, 0.5) is 14.6 Å².